The number of para-hydroxylation sites is 1. The van der Waals surface area contributed by atoms with Crippen LogP contribution in [0, 0.1) is 0 Å². The number of hydrogen-bond donors (Lipinski definition) is 1. The number of rotatable bonds is 7. The predicted molar refractivity (Wildman–Crippen MR) is 103 cm³/mol. The molecule has 2 rings (SSSR count). The van der Waals surface area contributed by atoms with Gasteiger partial charge in [-0.3, -0.25) is 4.79 Å². The van der Waals surface area contributed by atoms with Gasteiger partial charge in [-0.15, -0.1) is 0 Å². The van der Waals surface area contributed by atoms with E-state index < -0.39 is 0 Å². The van der Waals surface area contributed by atoms with Crippen LogP contribution in [0.5, 0.6) is 5.75 Å². The summed E-state index contributed by atoms with van der Waals surface area (Å²) in [7, 11) is 5.59. The number of hydrogen-bond acceptors (Lipinski definition) is 3. The van der Waals surface area contributed by atoms with Crippen molar-refractivity contribution in [3.05, 3.63) is 63.6 Å². The first-order valence-electron chi connectivity index (χ1n) is 7.92. The average molecular weight is 381 g/mol. The van der Waals surface area contributed by atoms with Crippen LogP contribution in [0.1, 0.15) is 17.2 Å². The van der Waals surface area contributed by atoms with Crippen LogP contribution in [0.25, 0.3) is 0 Å². The van der Waals surface area contributed by atoms with Gasteiger partial charge in [0.15, 0.2) is 0 Å². The van der Waals surface area contributed by atoms with Gasteiger partial charge in [0, 0.05) is 22.2 Å². The van der Waals surface area contributed by atoms with Gasteiger partial charge in [0.1, 0.15) is 5.75 Å². The van der Waals surface area contributed by atoms with Gasteiger partial charge < -0.3 is 15.0 Å². The molecule has 0 saturated heterocycles. The van der Waals surface area contributed by atoms with Crippen LogP contribution in [0.15, 0.2) is 42.5 Å². The Morgan fingerprint density at radius 2 is 1.92 bits per heavy atom. The first-order valence-corrected chi connectivity index (χ1v) is 8.68. The zero-order valence-corrected chi connectivity index (χ0v) is 16.1. The van der Waals surface area contributed by atoms with E-state index in [0.29, 0.717) is 16.6 Å². The van der Waals surface area contributed by atoms with E-state index >= 15 is 0 Å². The molecule has 0 spiro atoms. The summed E-state index contributed by atoms with van der Waals surface area (Å²) >= 11 is 12.0. The van der Waals surface area contributed by atoms with Gasteiger partial charge in [-0.05, 0) is 37.9 Å². The zero-order chi connectivity index (χ0) is 18.4. The SMILES string of the molecule is COc1ccccc1C(CNC(=O)Cc1ccc(Cl)cc1Cl)N(C)C. The first-order chi connectivity index (χ1) is 11.9. The molecule has 0 aliphatic carbocycles. The summed E-state index contributed by atoms with van der Waals surface area (Å²) in [6.45, 7) is 0.470. The topological polar surface area (TPSA) is 41.6 Å². The molecule has 0 radical (unpaired) electrons. The van der Waals surface area contributed by atoms with Crippen LogP contribution < -0.4 is 10.1 Å². The summed E-state index contributed by atoms with van der Waals surface area (Å²) in [4.78, 5) is 14.4. The van der Waals surface area contributed by atoms with Gasteiger partial charge in [-0.1, -0.05) is 47.5 Å². The Morgan fingerprint density at radius 3 is 2.56 bits per heavy atom. The van der Waals surface area contributed by atoms with Crippen LogP contribution in [-0.4, -0.2) is 38.6 Å². The van der Waals surface area contributed by atoms with E-state index in [4.69, 9.17) is 27.9 Å². The lowest BCUT2D eigenvalue weighted by Gasteiger charge is -2.26. The summed E-state index contributed by atoms with van der Waals surface area (Å²) in [6.07, 6.45) is 0.210. The van der Waals surface area contributed by atoms with E-state index in [9.17, 15) is 4.79 Å². The third-order valence-corrected chi connectivity index (χ3v) is 4.57. The average Bonchev–Trinajstić information content (AvgIpc) is 2.57. The molecule has 1 N–H and O–H groups in total. The lowest BCUT2D eigenvalue weighted by atomic mass is 10.0. The molecule has 25 heavy (non-hydrogen) atoms. The van der Waals surface area contributed by atoms with Crippen molar-refractivity contribution >= 4 is 29.1 Å². The predicted octanol–water partition coefficient (Wildman–Crippen LogP) is 3.96. The van der Waals surface area contributed by atoms with E-state index in [1.165, 1.54) is 0 Å². The maximum atomic E-state index is 12.3. The van der Waals surface area contributed by atoms with Gasteiger partial charge in [-0.25, -0.2) is 0 Å². The summed E-state index contributed by atoms with van der Waals surface area (Å²) in [5.74, 6) is 0.710. The van der Waals surface area contributed by atoms with Crippen molar-refractivity contribution in [2.75, 3.05) is 27.7 Å². The minimum atomic E-state index is -0.0917. The summed E-state index contributed by atoms with van der Waals surface area (Å²) in [5.41, 5.74) is 1.78. The number of nitrogens with one attached hydrogen (secondary N) is 1. The number of ether oxygens (including phenoxy) is 1. The molecule has 4 nitrogen and oxygen atoms in total. The van der Waals surface area contributed by atoms with Crippen molar-refractivity contribution in [1.29, 1.82) is 0 Å². The Hall–Kier alpha value is -1.75. The second-order valence-corrected chi connectivity index (χ2v) is 6.78. The molecular formula is C19H22Cl2N2O2. The maximum Gasteiger partial charge on any atom is 0.224 e. The fraction of sp³-hybridized carbons (Fsp3) is 0.316. The fourth-order valence-electron chi connectivity index (χ4n) is 2.62. The molecular weight excluding hydrogens is 359 g/mol. The normalized spacial score (nSPS) is 12.1. The molecule has 2 aromatic rings. The van der Waals surface area contributed by atoms with Crippen molar-refractivity contribution in [2.24, 2.45) is 0 Å². The largest absolute Gasteiger partial charge is 0.496 e. The Kier molecular flexibility index (Phi) is 7.12. The third-order valence-electron chi connectivity index (χ3n) is 3.98. The highest BCUT2D eigenvalue weighted by Gasteiger charge is 2.19. The molecule has 0 aliphatic heterocycles. The minimum absolute atomic E-state index is 0.000731. The quantitative estimate of drug-likeness (QED) is 0.789. The van der Waals surface area contributed by atoms with Crippen LogP contribution in [0.2, 0.25) is 10.0 Å². The maximum absolute atomic E-state index is 12.3. The van der Waals surface area contributed by atoms with E-state index in [1.807, 2.05) is 43.3 Å². The smallest absolute Gasteiger partial charge is 0.224 e. The lowest BCUT2D eigenvalue weighted by molar-refractivity contribution is -0.120. The molecule has 1 atom stereocenters. The number of likely N-dealkylation sites (N-methyl/N-ethyl adjacent to an activating group) is 1. The molecule has 0 heterocycles. The van der Waals surface area contributed by atoms with Crippen LogP contribution >= 0.6 is 23.2 Å². The monoisotopic (exact) mass is 380 g/mol. The summed E-state index contributed by atoms with van der Waals surface area (Å²) in [5, 5.41) is 4.03. The highest BCUT2D eigenvalue weighted by atomic mass is 35.5. The van der Waals surface area contributed by atoms with Crippen molar-refractivity contribution < 1.29 is 9.53 Å². The molecule has 6 heteroatoms. The molecule has 0 saturated carbocycles. The van der Waals surface area contributed by atoms with Gasteiger partial charge in [-0.2, -0.15) is 0 Å². The number of carbonyl (C=O) groups is 1. The van der Waals surface area contributed by atoms with Crippen molar-refractivity contribution in [3.63, 3.8) is 0 Å². The molecule has 134 valence electrons. The second-order valence-electron chi connectivity index (χ2n) is 5.94. The molecule has 1 unspecified atom stereocenters. The van der Waals surface area contributed by atoms with E-state index in [2.05, 4.69) is 5.32 Å². The number of halogens is 2. The highest BCUT2D eigenvalue weighted by Crippen LogP contribution is 2.27. The van der Waals surface area contributed by atoms with Crippen molar-refractivity contribution in [2.45, 2.75) is 12.5 Å². The minimum Gasteiger partial charge on any atom is -0.496 e. The van der Waals surface area contributed by atoms with Gasteiger partial charge in [0.05, 0.1) is 19.6 Å². The van der Waals surface area contributed by atoms with Gasteiger partial charge >= 0.3 is 0 Å². The summed E-state index contributed by atoms with van der Waals surface area (Å²) < 4.78 is 5.44. The molecule has 0 bridgehead atoms. The number of methoxy groups -OCH3 is 1. The van der Waals surface area contributed by atoms with E-state index in [0.717, 1.165) is 16.9 Å². The number of nitrogens with zero attached hydrogens (tertiary/aromatic N) is 1. The molecule has 0 aromatic heterocycles. The number of benzene rings is 2. The van der Waals surface area contributed by atoms with E-state index in [1.54, 1.807) is 25.3 Å². The number of amides is 1. The van der Waals surface area contributed by atoms with Gasteiger partial charge in [0.25, 0.3) is 0 Å². The molecule has 1 amide bonds. The van der Waals surface area contributed by atoms with Crippen LogP contribution in [-0.2, 0) is 11.2 Å². The second kappa shape index (κ2) is 9.09. The zero-order valence-electron chi connectivity index (χ0n) is 14.6. The Balaban J connectivity index is 2.04. The number of carbonyl (C=O) groups excluding carboxylic acids is 1. The Morgan fingerprint density at radius 1 is 1.20 bits per heavy atom. The fourth-order valence-corrected chi connectivity index (χ4v) is 3.10. The van der Waals surface area contributed by atoms with Crippen molar-refractivity contribution in [3.8, 4) is 5.75 Å². The molecule has 0 fully saturated rings. The third kappa shape index (κ3) is 5.36. The summed E-state index contributed by atoms with van der Waals surface area (Å²) in [6, 6.07) is 13.0. The van der Waals surface area contributed by atoms with Crippen LogP contribution in [0.3, 0.4) is 0 Å². The molecule has 2 aromatic carbocycles. The molecule has 0 aliphatic rings. The highest BCUT2D eigenvalue weighted by molar-refractivity contribution is 6.35. The first kappa shape index (κ1) is 19.6. The lowest BCUT2D eigenvalue weighted by Crippen LogP contribution is -2.35. The Bertz CT molecular complexity index is 735. The standard InChI is InChI=1S/C19H22Cl2N2O2/c1-23(2)17(15-6-4-5-7-18(15)25-3)12-22-19(24)10-13-8-9-14(20)11-16(13)21/h4-9,11,17H,10,12H2,1-3H3,(H,22,24). The van der Waals surface area contributed by atoms with Gasteiger partial charge in [0.2, 0.25) is 5.91 Å². The van der Waals surface area contributed by atoms with E-state index in [-0.39, 0.29) is 18.4 Å². The van der Waals surface area contributed by atoms with Crippen molar-refractivity contribution in [1.82, 2.24) is 10.2 Å². The Labute approximate surface area is 158 Å². The van der Waals surface area contributed by atoms with Crippen LogP contribution in [0.4, 0.5) is 0 Å².